The van der Waals surface area contributed by atoms with Crippen LogP contribution in [0.1, 0.15) is 30.6 Å². The van der Waals surface area contributed by atoms with Gasteiger partial charge in [0.05, 0.1) is 6.61 Å². The number of benzene rings is 1. The zero-order valence-electron chi connectivity index (χ0n) is 9.90. The molecule has 1 atom stereocenters. The van der Waals surface area contributed by atoms with E-state index in [1.807, 2.05) is 6.07 Å². The van der Waals surface area contributed by atoms with Gasteiger partial charge in [-0.25, -0.2) is 0 Å². The third-order valence-corrected chi connectivity index (χ3v) is 3.73. The van der Waals surface area contributed by atoms with Crippen molar-refractivity contribution in [2.24, 2.45) is 0 Å². The average Bonchev–Trinajstić information content (AvgIpc) is 2.38. The third-order valence-electron chi connectivity index (χ3n) is 2.48. The molecule has 17 heavy (non-hydrogen) atoms. The number of hydrogen-bond donors (Lipinski definition) is 0. The van der Waals surface area contributed by atoms with Crippen LogP contribution in [0.3, 0.4) is 0 Å². The molecule has 1 aromatic rings. The molecule has 0 saturated heterocycles. The van der Waals surface area contributed by atoms with E-state index in [1.165, 1.54) is 0 Å². The number of rotatable bonds is 5. The summed E-state index contributed by atoms with van der Waals surface area (Å²) in [5.41, 5.74) is 0.499. The molecular formula is C13H15BrO3. The average molecular weight is 299 g/mol. The summed E-state index contributed by atoms with van der Waals surface area (Å²) in [5.74, 6) is -0.796. The molecule has 0 aromatic heterocycles. The van der Waals surface area contributed by atoms with Gasteiger partial charge in [-0.15, -0.1) is 0 Å². The molecule has 0 amide bonds. The molecule has 0 aliphatic heterocycles. The van der Waals surface area contributed by atoms with Crippen LogP contribution in [-0.4, -0.2) is 22.7 Å². The zero-order chi connectivity index (χ0) is 12.9. The largest absolute Gasteiger partial charge is 0.465 e. The van der Waals surface area contributed by atoms with Crippen LogP contribution >= 0.6 is 15.9 Å². The topological polar surface area (TPSA) is 43.4 Å². The fourth-order valence-corrected chi connectivity index (χ4v) is 1.80. The molecule has 0 aliphatic rings. The van der Waals surface area contributed by atoms with Crippen LogP contribution in [0.15, 0.2) is 30.3 Å². The summed E-state index contributed by atoms with van der Waals surface area (Å²) in [4.78, 5) is 24.1. The summed E-state index contributed by atoms with van der Waals surface area (Å²) in [5, 5.41) is 0. The predicted molar refractivity (Wildman–Crippen MR) is 69.4 cm³/mol. The molecule has 0 radical (unpaired) electrons. The number of ether oxygens (including phenoxy) is 1. The molecular weight excluding hydrogens is 284 g/mol. The molecule has 92 valence electrons. The second-order valence-corrected chi connectivity index (χ2v) is 4.92. The standard InChI is InChI=1S/C13H15BrO3/c1-3-13(14,12(16)17-4-2)11(15)10-8-6-5-7-9-10/h5-9H,3-4H2,1-2H3. The Morgan fingerprint density at radius 2 is 1.82 bits per heavy atom. The van der Waals surface area contributed by atoms with Crippen LogP contribution in [0, 0.1) is 0 Å². The molecule has 0 aliphatic carbocycles. The molecule has 0 fully saturated rings. The van der Waals surface area contributed by atoms with Crippen LogP contribution in [0.25, 0.3) is 0 Å². The lowest BCUT2D eigenvalue weighted by atomic mass is 9.95. The monoisotopic (exact) mass is 298 g/mol. The molecule has 0 spiro atoms. The highest BCUT2D eigenvalue weighted by molar-refractivity contribution is 9.10. The van der Waals surface area contributed by atoms with Gasteiger partial charge in [0, 0.05) is 5.56 Å². The molecule has 0 bridgehead atoms. The van der Waals surface area contributed by atoms with Crippen molar-refractivity contribution in [3.63, 3.8) is 0 Å². The molecule has 1 aromatic carbocycles. The minimum Gasteiger partial charge on any atom is -0.465 e. The van der Waals surface area contributed by atoms with Crippen LogP contribution in [0.5, 0.6) is 0 Å². The molecule has 0 saturated carbocycles. The van der Waals surface area contributed by atoms with Gasteiger partial charge in [-0.1, -0.05) is 53.2 Å². The summed E-state index contributed by atoms with van der Waals surface area (Å²) < 4.78 is 3.66. The molecule has 4 heteroatoms. The minimum atomic E-state index is -1.27. The van der Waals surface area contributed by atoms with Crippen molar-refractivity contribution in [1.82, 2.24) is 0 Å². The first kappa shape index (κ1) is 13.9. The third kappa shape index (κ3) is 2.94. The number of halogens is 1. The Morgan fingerprint density at radius 3 is 2.29 bits per heavy atom. The van der Waals surface area contributed by atoms with Gasteiger partial charge in [0.2, 0.25) is 0 Å². The van der Waals surface area contributed by atoms with Gasteiger partial charge in [-0.05, 0) is 13.3 Å². The van der Waals surface area contributed by atoms with E-state index in [-0.39, 0.29) is 12.4 Å². The maximum atomic E-state index is 12.3. The summed E-state index contributed by atoms with van der Waals surface area (Å²) >= 11 is 3.23. The van der Waals surface area contributed by atoms with Crippen molar-refractivity contribution >= 4 is 27.7 Å². The Bertz CT molecular complexity index is 402. The molecule has 1 unspecified atom stereocenters. The first-order valence-corrected chi connectivity index (χ1v) is 6.31. The first-order valence-electron chi connectivity index (χ1n) is 5.52. The van der Waals surface area contributed by atoms with Crippen LogP contribution in [0.2, 0.25) is 0 Å². The number of carbonyl (C=O) groups is 2. The van der Waals surface area contributed by atoms with E-state index >= 15 is 0 Å². The fourth-order valence-electron chi connectivity index (χ4n) is 1.46. The minimum absolute atomic E-state index is 0.258. The van der Waals surface area contributed by atoms with E-state index in [9.17, 15) is 9.59 Å². The van der Waals surface area contributed by atoms with E-state index in [0.29, 0.717) is 12.0 Å². The summed E-state index contributed by atoms with van der Waals surface area (Å²) in [7, 11) is 0. The van der Waals surface area contributed by atoms with Crippen molar-refractivity contribution < 1.29 is 14.3 Å². The highest BCUT2D eigenvalue weighted by atomic mass is 79.9. The lowest BCUT2D eigenvalue weighted by Gasteiger charge is -2.22. The highest BCUT2D eigenvalue weighted by Gasteiger charge is 2.43. The van der Waals surface area contributed by atoms with E-state index in [1.54, 1.807) is 38.1 Å². The smallest absolute Gasteiger partial charge is 0.330 e. The number of Topliss-reactive ketones (excluding diaryl/α,β-unsaturated/α-hetero) is 1. The SMILES string of the molecule is CCOC(=O)C(Br)(CC)C(=O)c1ccccc1. The normalized spacial score (nSPS) is 13.8. The lowest BCUT2D eigenvalue weighted by molar-refractivity contribution is -0.144. The van der Waals surface area contributed by atoms with Crippen molar-refractivity contribution in [3.05, 3.63) is 35.9 Å². The van der Waals surface area contributed by atoms with Crippen molar-refractivity contribution in [1.29, 1.82) is 0 Å². The van der Waals surface area contributed by atoms with E-state index in [0.717, 1.165) is 0 Å². The van der Waals surface area contributed by atoms with Gasteiger partial charge < -0.3 is 4.74 Å². The number of esters is 1. The zero-order valence-corrected chi connectivity index (χ0v) is 11.5. The Kier molecular flexibility index (Phi) is 4.87. The molecule has 0 N–H and O–H groups in total. The van der Waals surface area contributed by atoms with Crippen LogP contribution in [0.4, 0.5) is 0 Å². The van der Waals surface area contributed by atoms with Crippen LogP contribution < -0.4 is 0 Å². The van der Waals surface area contributed by atoms with Gasteiger partial charge in [0.15, 0.2) is 10.1 Å². The Labute approximate surface area is 109 Å². The maximum absolute atomic E-state index is 12.3. The summed E-state index contributed by atoms with van der Waals surface area (Å²) in [6.45, 7) is 3.74. The number of alkyl halides is 1. The first-order chi connectivity index (χ1) is 8.06. The fraction of sp³-hybridized carbons (Fsp3) is 0.385. The van der Waals surface area contributed by atoms with Crippen molar-refractivity contribution in [2.75, 3.05) is 6.61 Å². The van der Waals surface area contributed by atoms with Crippen LogP contribution in [-0.2, 0) is 9.53 Å². The van der Waals surface area contributed by atoms with Gasteiger partial charge in [-0.3, -0.25) is 9.59 Å². The Hall–Kier alpha value is -1.16. The number of ketones is 1. The van der Waals surface area contributed by atoms with Gasteiger partial charge >= 0.3 is 5.97 Å². The predicted octanol–water partition coefficient (Wildman–Crippen LogP) is 2.98. The van der Waals surface area contributed by atoms with Crippen molar-refractivity contribution in [3.8, 4) is 0 Å². The highest BCUT2D eigenvalue weighted by Crippen LogP contribution is 2.29. The molecule has 3 nitrogen and oxygen atoms in total. The Morgan fingerprint density at radius 1 is 1.24 bits per heavy atom. The van der Waals surface area contributed by atoms with E-state index in [4.69, 9.17) is 4.74 Å². The van der Waals surface area contributed by atoms with Gasteiger partial charge in [-0.2, -0.15) is 0 Å². The lowest BCUT2D eigenvalue weighted by Crippen LogP contribution is -2.41. The van der Waals surface area contributed by atoms with Gasteiger partial charge in [0.1, 0.15) is 0 Å². The van der Waals surface area contributed by atoms with Crippen molar-refractivity contribution in [2.45, 2.75) is 24.6 Å². The Balaban J connectivity index is 3.02. The molecule has 0 heterocycles. The molecule has 1 rings (SSSR count). The summed E-state index contributed by atoms with van der Waals surface area (Å²) in [6, 6.07) is 8.73. The van der Waals surface area contributed by atoms with E-state index in [2.05, 4.69) is 15.9 Å². The number of carbonyl (C=O) groups excluding carboxylic acids is 2. The quantitative estimate of drug-likeness (QED) is 0.363. The number of hydrogen-bond acceptors (Lipinski definition) is 3. The second-order valence-electron chi connectivity index (χ2n) is 3.57. The van der Waals surface area contributed by atoms with E-state index < -0.39 is 10.3 Å². The second kappa shape index (κ2) is 5.96. The van der Waals surface area contributed by atoms with Gasteiger partial charge in [0.25, 0.3) is 0 Å². The maximum Gasteiger partial charge on any atom is 0.330 e. The summed E-state index contributed by atoms with van der Waals surface area (Å²) in [6.07, 6.45) is 0.347.